The van der Waals surface area contributed by atoms with Gasteiger partial charge in [-0.05, 0) is 49.9 Å². The van der Waals surface area contributed by atoms with E-state index in [1.165, 1.54) is 6.07 Å². The average molecular weight is 312 g/mol. The molecule has 0 aromatic heterocycles. The Bertz CT molecular complexity index is 590. The average Bonchev–Trinajstić information content (AvgIpc) is 2.60. The fraction of sp³-hybridized carbons (Fsp3) is 0.600. The zero-order valence-corrected chi connectivity index (χ0v) is 13.4. The summed E-state index contributed by atoms with van der Waals surface area (Å²) >= 11 is 0. The lowest BCUT2D eigenvalue weighted by Gasteiger charge is -2.22. The van der Waals surface area contributed by atoms with Crippen LogP contribution in [0.15, 0.2) is 17.0 Å². The van der Waals surface area contributed by atoms with Crippen LogP contribution in [0, 0.1) is 13.8 Å². The van der Waals surface area contributed by atoms with Gasteiger partial charge in [0.1, 0.15) is 0 Å². The Morgan fingerprint density at radius 2 is 1.86 bits per heavy atom. The number of anilines is 1. The second-order valence-corrected chi connectivity index (χ2v) is 7.60. The van der Waals surface area contributed by atoms with Crippen molar-refractivity contribution in [3.8, 4) is 0 Å². The number of benzene rings is 1. The molecule has 0 spiro atoms. The van der Waals surface area contributed by atoms with Crippen molar-refractivity contribution in [2.45, 2.75) is 63.0 Å². The highest BCUT2D eigenvalue weighted by Crippen LogP contribution is 2.24. The van der Waals surface area contributed by atoms with Crippen LogP contribution in [-0.4, -0.2) is 25.7 Å². The Hall–Kier alpha value is -1.11. The molecule has 2 atom stereocenters. The van der Waals surface area contributed by atoms with Crippen molar-refractivity contribution in [1.82, 2.24) is 4.72 Å². The van der Waals surface area contributed by atoms with E-state index in [2.05, 4.69) is 4.72 Å². The SMILES string of the molecule is Cc1cc(S(=O)(=O)NC2CCCCCC2O)cc(N)c1C. The van der Waals surface area contributed by atoms with Gasteiger partial charge >= 0.3 is 0 Å². The van der Waals surface area contributed by atoms with Gasteiger partial charge in [-0.15, -0.1) is 0 Å². The molecule has 5 nitrogen and oxygen atoms in total. The van der Waals surface area contributed by atoms with E-state index in [0.717, 1.165) is 30.4 Å². The molecule has 118 valence electrons. The number of sulfonamides is 1. The van der Waals surface area contributed by atoms with Crippen molar-refractivity contribution >= 4 is 15.7 Å². The second-order valence-electron chi connectivity index (χ2n) is 5.89. The van der Waals surface area contributed by atoms with Crippen molar-refractivity contribution < 1.29 is 13.5 Å². The number of nitrogens with two attached hydrogens (primary N) is 1. The molecule has 1 aliphatic rings. The van der Waals surface area contributed by atoms with Gasteiger partial charge in [-0.3, -0.25) is 0 Å². The highest BCUT2D eigenvalue weighted by Gasteiger charge is 2.27. The molecular weight excluding hydrogens is 288 g/mol. The molecule has 1 saturated carbocycles. The van der Waals surface area contributed by atoms with Crippen LogP contribution in [0.4, 0.5) is 5.69 Å². The Balaban J connectivity index is 2.25. The van der Waals surface area contributed by atoms with Crippen molar-refractivity contribution in [2.75, 3.05) is 5.73 Å². The Kier molecular flexibility index (Phi) is 4.91. The number of nitrogens with one attached hydrogen (secondary N) is 1. The third-order valence-electron chi connectivity index (χ3n) is 4.28. The second kappa shape index (κ2) is 6.34. The van der Waals surface area contributed by atoms with Gasteiger partial charge in [-0.2, -0.15) is 0 Å². The number of hydrogen-bond acceptors (Lipinski definition) is 4. The van der Waals surface area contributed by atoms with Gasteiger partial charge in [-0.1, -0.05) is 19.3 Å². The monoisotopic (exact) mass is 312 g/mol. The minimum Gasteiger partial charge on any atom is -0.398 e. The maximum atomic E-state index is 12.5. The Morgan fingerprint density at radius 3 is 2.52 bits per heavy atom. The fourth-order valence-electron chi connectivity index (χ4n) is 2.70. The predicted octanol–water partition coefficient (Wildman–Crippen LogP) is 1.86. The summed E-state index contributed by atoms with van der Waals surface area (Å²) in [6.07, 6.45) is 3.59. The quantitative estimate of drug-likeness (QED) is 0.587. The highest BCUT2D eigenvalue weighted by atomic mass is 32.2. The van der Waals surface area contributed by atoms with Crippen molar-refractivity contribution in [3.63, 3.8) is 0 Å². The summed E-state index contributed by atoms with van der Waals surface area (Å²) in [6.45, 7) is 3.70. The smallest absolute Gasteiger partial charge is 0.240 e. The maximum absolute atomic E-state index is 12.5. The summed E-state index contributed by atoms with van der Waals surface area (Å²) in [6, 6.07) is 2.69. The molecule has 1 aliphatic carbocycles. The molecule has 0 radical (unpaired) electrons. The summed E-state index contributed by atoms with van der Waals surface area (Å²) in [5.74, 6) is 0. The molecule has 0 amide bonds. The van der Waals surface area contributed by atoms with Crippen molar-refractivity contribution in [1.29, 1.82) is 0 Å². The summed E-state index contributed by atoms with van der Waals surface area (Å²) in [7, 11) is -3.66. The number of aliphatic hydroxyl groups is 1. The zero-order valence-electron chi connectivity index (χ0n) is 12.6. The molecule has 2 rings (SSSR count). The van der Waals surface area contributed by atoms with E-state index in [1.54, 1.807) is 6.07 Å². The molecule has 0 saturated heterocycles. The first kappa shape index (κ1) is 16.3. The number of aliphatic hydroxyl groups excluding tert-OH is 1. The Morgan fingerprint density at radius 1 is 1.19 bits per heavy atom. The first-order chi connectivity index (χ1) is 9.81. The third kappa shape index (κ3) is 3.75. The molecule has 0 bridgehead atoms. The van der Waals surface area contributed by atoms with Gasteiger partial charge < -0.3 is 10.8 Å². The van der Waals surface area contributed by atoms with Crippen LogP contribution >= 0.6 is 0 Å². The normalized spacial score (nSPS) is 23.8. The standard InChI is InChI=1S/C15H24N2O3S/c1-10-8-12(9-13(16)11(10)2)21(19,20)17-14-6-4-3-5-7-15(14)18/h8-9,14-15,17-18H,3-7,16H2,1-2H3. The maximum Gasteiger partial charge on any atom is 0.240 e. The number of rotatable bonds is 3. The van der Waals surface area contributed by atoms with Gasteiger partial charge in [0.25, 0.3) is 0 Å². The van der Waals surface area contributed by atoms with Gasteiger partial charge in [0.05, 0.1) is 11.0 Å². The molecule has 4 N–H and O–H groups in total. The van der Waals surface area contributed by atoms with E-state index in [4.69, 9.17) is 5.73 Å². The van der Waals surface area contributed by atoms with Gasteiger partial charge in [0.2, 0.25) is 10.0 Å². The molecule has 0 aliphatic heterocycles. The summed E-state index contributed by atoms with van der Waals surface area (Å²) in [4.78, 5) is 0.166. The van der Waals surface area contributed by atoms with Crippen molar-refractivity contribution in [2.24, 2.45) is 0 Å². The lowest BCUT2D eigenvalue weighted by molar-refractivity contribution is 0.130. The highest BCUT2D eigenvalue weighted by molar-refractivity contribution is 7.89. The van der Waals surface area contributed by atoms with Crippen LogP contribution in [0.1, 0.15) is 43.2 Å². The number of aryl methyl sites for hydroxylation is 1. The lowest BCUT2D eigenvalue weighted by Crippen LogP contribution is -2.42. The molecular formula is C15H24N2O3S. The summed E-state index contributed by atoms with van der Waals surface area (Å²) < 4.78 is 27.6. The zero-order chi connectivity index (χ0) is 15.6. The molecule has 1 fully saturated rings. The largest absolute Gasteiger partial charge is 0.398 e. The third-order valence-corrected chi connectivity index (χ3v) is 5.75. The van der Waals surface area contributed by atoms with Gasteiger partial charge in [0.15, 0.2) is 0 Å². The van der Waals surface area contributed by atoms with Crippen LogP contribution in [-0.2, 0) is 10.0 Å². The van der Waals surface area contributed by atoms with E-state index < -0.39 is 22.2 Å². The molecule has 0 heterocycles. The fourth-order valence-corrected chi connectivity index (χ4v) is 4.12. The van der Waals surface area contributed by atoms with Crippen LogP contribution in [0.3, 0.4) is 0 Å². The van der Waals surface area contributed by atoms with Crippen LogP contribution in [0.5, 0.6) is 0 Å². The Labute approximate surface area is 126 Å². The first-order valence-electron chi connectivity index (χ1n) is 7.38. The van der Waals surface area contributed by atoms with Crippen LogP contribution in [0.25, 0.3) is 0 Å². The molecule has 1 aromatic rings. The van der Waals surface area contributed by atoms with E-state index in [-0.39, 0.29) is 4.90 Å². The minimum atomic E-state index is -3.66. The summed E-state index contributed by atoms with van der Waals surface area (Å²) in [5.41, 5.74) is 8.07. The molecule has 21 heavy (non-hydrogen) atoms. The molecule has 1 aromatic carbocycles. The van der Waals surface area contributed by atoms with E-state index in [9.17, 15) is 13.5 Å². The number of nitrogen functional groups attached to an aromatic ring is 1. The molecule has 6 heteroatoms. The van der Waals surface area contributed by atoms with E-state index in [0.29, 0.717) is 18.5 Å². The lowest BCUT2D eigenvalue weighted by atomic mass is 10.1. The van der Waals surface area contributed by atoms with E-state index in [1.807, 2.05) is 13.8 Å². The predicted molar refractivity (Wildman–Crippen MR) is 83.5 cm³/mol. The van der Waals surface area contributed by atoms with Crippen LogP contribution in [0.2, 0.25) is 0 Å². The number of hydrogen-bond donors (Lipinski definition) is 3. The summed E-state index contributed by atoms with van der Waals surface area (Å²) in [5, 5.41) is 10.1. The molecule has 2 unspecified atom stereocenters. The van der Waals surface area contributed by atoms with Crippen LogP contribution < -0.4 is 10.5 Å². The van der Waals surface area contributed by atoms with E-state index >= 15 is 0 Å². The van der Waals surface area contributed by atoms with Gasteiger partial charge in [-0.25, -0.2) is 13.1 Å². The minimum absolute atomic E-state index is 0.166. The van der Waals surface area contributed by atoms with Gasteiger partial charge in [0, 0.05) is 11.7 Å². The first-order valence-corrected chi connectivity index (χ1v) is 8.86. The topological polar surface area (TPSA) is 92.4 Å². The van der Waals surface area contributed by atoms with Crippen molar-refractivity contribution in [3.05, 3.63) is 23.3 Å².